The minimum atomic E-state index is -0.933. The lowest BCUT2D eigenvalue weighted by molar-refractivity contribution is -0.00532. The summed E-state index contributed by atoms with van der Waals surface area (Å²) >= 11 is 0. The smallest absolute Gasteiger partial charge is 0.336 e. The van der Waals surface area contributed by atoms with E-state index in [-0.39, 0.29) is 24.2 Å². The van der Waals surface area contributed by atoms with Crippen LogP contribution in [0.3, 0.4) is 0 Å². The van der Waals surface area contributed by atoms with Gasteiger partial charge in [-0.05, 0) is 97.6 Å². The van der Waals surface area contributed by atoms with Crippen LogP contribution in [0, 0.1) is 29.6 Å². The van der Waals surface area contributed by atoms with Crippen LogP contribution in [0.1, 0.15) is 65.6 Å². The van der Waals surface area contributed by atoms with Crippen LogP contribution in [0.4, 0.5) is 0 Å². The lowest BCUT2D eigenvalue weighted by atomic mass is 9.47. The van der Waals surface area contributed by atoms with Gasteiger partial charge in [0.05, 0.1) is 12.2 Å². The van der Waals surface area contributed by atoms with Crippen LogP contribution in [-0.2, 0) is 5.41 Å². The Morgan fingerprint density at radius 1 is 1.00 bits per heavy atom. The number of rotatable bonds is 6. The average molecular weight is 447 g/mol. The van der Waals surface area contributed by atoms with Crippen LogP contribution in [0.25, 0.3) is 0 Å². The van der Waals surface area contributed by atoms with Crippen molar-refractivity contribution in [3.05, 3.63) is 64.7 Å². The summed E-state index contributed by atoms with van der Waals surface area (Å²) in [6.07, 6.45) is 6.56. The summed E-state index contributed by atoms with van der Waals surface area (Å²) in [7, 11) is 0. The van der Waals surface area contributed by atoms with Crippen molar-refractivity contribution in [2.45, 2.75) is 50.0 Å². The zero-order valence-corrected chi connectivity index (χ0v) is 18.7. The predicted molar refractivity (Wildman–Crippen MR) is 124 cm³/mol. The minimum Gasteiger partial charge on any atom is -0.491 e. The maximum absolute atomic E-state index is 12.1. The first-order chi connectivity index (χ1) is 16.0. The van der Waals surface area contributed by atoms with Gasteiger partial charge in [-0.2, -0.15) is 0 Å². The Balaban J connectivity index is 1.46. The molecule has 0 aromatic heterocycles. The van der Waals surface area contributed by atoms with Gasteiger partial charge in [0, 0.05) is 11.1 Å². The second-order valence-corrected chi connectivity index (χ2v) is 10.2. The Kier molecular flexibility index (Phi) is 5.90. The van der Waals surface area contributed by atoms with Gasteiger partial charge in [0.2, 0.25) is 0 Å². The molecule has 172 valence electrons. The zero-order valence-electron chi connectivity index (χ0n) is 18.7. The van der Waals surface area contributed by atoms with Crippen molar-refractivity contribution in [1.82, 2.24) is 0 Å². The number of benzene rings is 2. The summed E-state index contributed by atoms with van der Waals surface area (Å²) in [5.41, 5.74) is 2.91. The molecule has 1 unspecified atom stereocenters. The van der Waals surface area contributed by atoms with Gasteiger partial charge in [0.15, 0.2) is 0 Å². The van der Waals surface area contributed by atoms with Crippen LogP contribution in [0.5, 0.6) is 5.75 Å². The molecule has 4 aliphatic rings. The number of aromatic carboxylic acids is 1. The maximum atomic E-state index is 12.1. The van der Waals surface area contributed by atoms with E-state index in [4.69, 9.17) is 9.84 Å². The van der Waals surface area contributed by atoms with E-state index in [9.17, 15) is 15.0 Å². The number of aliphatic hydroxyl groups is 2. The molecule has 0 aliphatic heterocycles. The molecular formula is C28H30O5. The molecule has 0 radical (unpaired) electrons. The molecule has 4 aliphatic carbocycles. The highest BCUT2D eigenvalue weighted by Gasteiger charge is 2.52. The molecule has 5 nitrogen and oxygen atoms in total. The third-order valence-corrected chi connectivity index (χ3v) is 7.74. The molecule has 0 amide bonds. The molecule has 3 N–H and O–H groups in total. The third kappa shape index (κ3) is 4.38. The largest absolute Gasteiger partial charge is 0.491 e. The fourth-order valence-electron chi connectivity index (χ4n) is 6.76. The lowest BCUT2D eigenvalue weighted by Crippen LogP contribution is -2.49. The molecule has 4 saturated carbocycles. The Morgan fingerprint density at radius 2 is 1.64 bits per heavy atom. The molecule has 4 fully saturated rings. The molecule has 33 heavy (non-hydrogen) atoms. The summed E-state index contributed by atoms with van der Waals surface area (Å²) in [6, 6.07) is 12.8. The van der Waals surface area contributed by atoms with Crippen LogP contribution in [0.15, 0.2) is 42.5 Å². The van der Waals surface area contributed by atoms with Crippen molar-refractivity contribution >= 4 is 5.97 Å². The summed E-state index contributed by atoms with van der Waals surface area (Å²) < 4.78 is 5.45. The van der Waals surface area contributed by atoms with E-state index in [0.717, 1.165) is 48.1 Å². The van der Waals surface area contributed by atoms with E-state index in [1.165, 1.54) is 19.3 Å². The number of hydrogen-bond acceptors (Lipinski definition) is 4. The molecule has 2 aromatic carbocycles. The number of ether oxygens (including phenoxy) is 1. The maximum Gasteiger partial charge on any atom is 0.336 e. The molecule has 5 heteroatoms. The number of carbonyl (C=O) groups is 1. The first kappa shape index (κ1) is 22.0. The lowest BCUT2D eigenvalue weighted by Gasteiger charge is -2.57. The van der Waals surface area contributed by atoms with Crippen LogP contribution in [0.2, 0.25) is 0 Å². The van der Waals surface area contributed by atoms with Crippen LogP contribution < -0.4 is 4.74 Å². The van der Waals surface area contributed by atoms with Crippen molar-refractivity contribution in [2.24, 2.45) is 17.8 Å². The van der Waals surface area contributed by atoms with Gasteiger partial charge in [-0.15, -0.1) is 0 Å². The molecule has 2 aromatic rings. The summed E-state index contributed by atoms with van der Waals surface area (Å²) in [5, 5.41) is 28.2. The van der Waals surface area contributed by atoms with E-state index in [1.807, 2.05) is 18.2 Å². The average Bonchev–Trinajstić information content (AvgIpc) is 2.80. The van der Waals surface area contributed by atoms with Crippen molar-refractivity contribution in [3.8, 4) is 17.6 Å². The first-order valence-electron chi connectivity index (χ1n) is 11.9. The molecule has 4 bridgehead atoms. The molecule has 0 spiro atoms. The normalized spacial score (nSPS) is 28.1. The number of aliphatic hydroxyl groups excluding tert-OH is 2. The second kappa shape index (κ2) is 8.85. The highest BCUT2D eigenvalue weighted by Crippen LogP contribution is 2.61. The molecule has 0 saturated heterocycles. The van der Waals surface area contributed by atoms with Gasteiger partial charge >= 0.3 is 5.97 Å². The van der Waals surface area contributed by atoms with E-state index in [2.05, 4.69) is 17.9 Å². The fourth-order valence-corrected chi connectivity index (χ4v) is 6.76. The highest BCUT2D eigenvalue weighted by molar-refractivity contribution is 5.91. The molecule has 6 rings (SSSR count). The zero-order chi connectivity index (χ0) is 23.0. The monoisotopic (exact) mass is 446 g/mol. The highest BCUT2D eigenvalue weighted by atomic mass is 16.5. The molecular weight excluding hydrogens is 416 g/mol. The van der Waals surface area contributed by atoms with Crippen molar-refractivity contribution < 1.29 is 24.9 Å². The van der Waals surface area contributed by atoms with Gasteiger partial charge in [0.1, 0.15) is 18.5 Å². The summed E-state index contributed by atoms with van der Waals surface area (Å²) in [6.45, 7) is -0.333. The first-order valence-corrected chi connectivity index (χ1v) is 11.9. The van der Waals surface area contributed by atoms with Gasteiger partial charge in [-0.25, -0.2) is 4.79 Å². The van der Waals surface area contributed by atoms with Gasteiger partial charge in [-0.3, -0.25) is 0 Å². The van der Waals surface area contributed by atoms with E-state index < -0.39 is 12.1 Å². The predicted octanol–water partition coefficient (Wildman–Crippen LogP) is 3.98. The van der Waals surface area contributed by atoms with Crippen LogP contribution >= 0.6 is 0 Å². The second-order valence-electron chi connectivity index (χ2n) is 10.2. The number of carboxylic acid groups (broad SMARTS) is 1. The number of carboxylic acids is 1. The van der Waals surface area contributed by atoms with Gasteiger partial charge in [0.25, 0.3) is 0 Å². The number of hydrogen-bond donors (Lipinski definition) is 3. The summed E-state index contributed by atoms with van der Waals surface area (Å²) in [5.74, 6) is 8.35. The Hall–Kier alpha value is -2.81. The molecule has 0 heterocycles. The Morgan fingerprint density at radius 3 is 2.21 bits per heavy atom. The van der Waals surface area contributed by atoms with Gasteiger partial charge < -0.3 is 20.1 Å². The third-order valence-electron chi connectivity index (χ3n) is 7.74. The van der Waals surface area contributed by atoms with E-state index in [0.29, 0.717) is 11.3 Å². The standard InChI is InChI=1S/C28H30O5/c29-16-22(30)17-33-23-7-4-18(5-8-23)6-9-24-25(27(31)32)2-1-3-26(24)28-13-19-10-20(14-28)12-21(11-19)15-28/h1-5,7-8,19-22,29-30H,10-17H2,(H,31,32). The van der Waals surface area contributed by atoms with Crippen LogP contribution in [-0.4, -0.2) is 40.6 Å². The SMILES string of the molecule is O=C(O)c1cccc(C23CC4CC(CC(C4)C2)C3)c1C#Cc1ccc(OCC(O)CO)cc1. The summed E-state index contributed by atoms with van der Waals surface area (Å²) in [4.78, 5) is 12.1. The van der Waals surface area contributed by atoms with Crippen molar-refractivity contribution in [1.29, 1.82) is 0 Å². The van der Waals surface area contributed by atoms with Gasteiger partial charge in [-0.1, -0.05) is 24.0 Å². The fraction of sp³-hybridized carbons (Fsp3) is 0.464. The van der Waals surface area contributed by atoms with E-state index >= 15 is 0 Å². The minimum absolute atomic E-state index is 0.0158. The molecule has 1 atom stereocenters. The Bertz CT molecular complexity index is 1060. The quantitative estimate of drug-likeness (QED) is 0.584. The van der Waals surface area contributed by atoms with E-state index in [1.54, 1.807) is 18.2 Å². The van der Waals surface area contributed by atoms with Crippen molar-refractivity contribution in [3.63, 3.8) is 0 Å². The Labute approximate surface area is 194 Å². The topological polar surface area (TPSA) is 87.0 Å². The van der Waals surface area contributed by atoms with Crippen molar-refractivity contribution in [2.75, 3.05) is 13.2 Å².